The minimum absolute atomic E-state index is 0.333. The highest BCUT2D eigenvalue weighted by Crippen LogP contribution is 1.79. The van der Waals surface area contributed by atoms with Gasteiger partial charge in [-0.2, -0.15) is 0 Å². The first-order valence-electron chi connectivity index (χ1n) is 1.89. The van der Waals surface area contributed by atoms with Crippen molar-refractivity contribution in [1.29, 1.82) is 0 Å². The highest BCUT2D eigenvalue weighted by atomic mass is 15.6. The van der Waals surface area contributed by atoms with Crippen LogP contribution in [0.15, 0.2) is 5.10 Å². The van der Waals surface area contributed by atoms with E-state index in [4.69, 9.17) is 11.6 Å². The number of nitrogens with two attached hydrogens (primary N) is 2. The molecule has 0 radical (unpaired) electrons. The number of nitrogens with zero attached hydrogens (tertiary/aromatic N) is 2. The van der Waals surface area contributed by atoms with E-state index in [0.29, 0.717) is 12.6 Å². The van der Waals surface area contributed by atoms with Crippen LogP contribution < -0.4 is 17.0 Å². The lowest BCUT2D eigenvalue weighted by atomic mass is 10.9. The highest BCUT2D eigenvalue weighted by Gasteiger charge is 2.05. The van der Waals surface area contributed by atoms with Crippen molar-refractivity contribution in [3.63, 3.8) is 0 Å². The maximum atomic E-state index is 5.19. The molecule has 0 aromatic heterocycles. The minimum Gasteiger partial charge on any atom is -0.367 e. The van der Waals surface area contributed by atoms with E-state index in [1.807, 2.05) is 0 Å². The fraction of sp³-hybridized carbons (Fsp3) is 0.500. The van der Waals surface area contributed by atoms with E-state index in [1.54, 1.807) is 0 Å². The molecule has 1 rings (SSSR count). The molecule has 5 N–H and O–H groups in total. The number of hydrogen-bond acceptors (Lipinski definition) is 5. The molecule has 5 heteroatoms. The number of guanidine groups is 1. The zero-order valence-corrected chi connectivity index (χ0v) is 3.76. The third-order valence-corrected chi connectivity index (χ3v) is 0.729. The quantitative estimate of drug-likeness (QED) is 0.307. The zero-order chi connectivity index (χ0) is 5.28. The van der Waals surface area contributed by atoms with Gasteiger partial charge in [0.25, 0.3) is 0 Å². The molecule has 0 fully saturated rings. The third-order valence-electron chi connectivity index (χ3n) is 0.729. The molecule has 0 atom stereocenters. The van der Waals surface area contributed by atoms with Crippen LogP contribution in [-0.4, -0.2) is 17.6 Å². The first-order chi connectivity index (χ1) is 3.30. The molecular weight excluding hydrogens is 94.1 g/mol. The van der Waals surface area contributed by atoms with Crippen LogP contribution in [-0.2, 0) is 0 Å². The Morgan fingerprint density at radius 3 is 2.71 bits per heavy atom. The van der Waals surface area contributed by atoms with Crippen LogP contribution >= 0.6 is 0 Å². The van der Waals surface area contributed by atoms with Crippen LogP contribution in [0.3, 0.4) is 0 Å². The molecule has 1 aliphatic heterocycles. The topological polar surface area (TPSA) is 79.7 Å². The number of hydrazone groups is 1. The van der Waals surface area contributed by atoms with Crippen molar-refractivity contribution in [3.8, 4) is 0 Å². The molecule has 0 amide bonds. The standard InChI is InChI=1S/C2H7N5/c3-2-6-5-1-7(2)4/h5H,1,4H2,(H2,3,6). The zero-order valence-electron chi connectivity index (χ0n) is 3.76. The van der Waals surface area contributed by atoms with Gasteiger partial charge in [0.2, 0.25) is 5.96 Å². The van der Waals surface area contributed by atoms with E-state index in [2.05, 4.69) is 10.5 Å². The van der Waals surface area contributed by atoms with Crippen molar-refractivity contribution < 1.29 is 0 Å². The molecule has 0 unspecified atom stereocenters. The van der Waals surface area contributed by atoms with Gasteiger partial charge in [0.15, 0.2) is 0 Å². The lowest BCUT2D eigenvalue weighted by Crippen LogP contribution is -2.40. The van der Waals surface area contributed by atoms with Crippen LogP contribution in [0.4, 0.5) is 0 Å². The van der Waals surface area contributed by atoms with Crippen LogP contribution in [0.25, 0.3) is 0 Å². The monoisotopic (exact) mass is 101 g/mol. The molecule has 1 aliphatic rings. The molecule has 0 aromatic rings. The van der Waals surface area contributed by atoms with E-state index in [-0.39, 0.29) is 0 Å². The lowest BCUT2D eigenvalue weighted by molar-refractivity contribution is 0.442. The molecule has 0 aliphatic carbocycles. The Hall–Kier alpha value is -0.970. The molecule has 40 valence electrons. The van der Waals surface area contributed by atoms with Gasteiger partial charge in [0, 0.05) is 0 Å². The predicted molar refractivity (Wildman–Crippen MR) is 25.7 cm³/mol. The molecule has 0 spiro atoms. The van der Waals surface area contributed by atoms with Gasteiger partial charge < -0.3 is 5.73 Å². The summed E-state index contributed by atoms with van der Waals surface area (Å²) in [5, 5.41) is 4.88. The predicted octanol–water partition coefficient (Wildman–Crippen LogP) is -2.05. The molecule has 1 heterocycles. The van der Waals surface area contributed by atoms with Gasteiger partial charge in [0.05, 0.1) is 0 Å². The van der Waals surface area contributed by atoms with Crippen molar-refractivity contribution in [3.05, 3.63) is 0 Å². The number of rotatable bonds is 0. The first-order valence-corrected chi connectivity index (χ1v) is 1.89. The fourth-order valence-corrected chi connectivity index (χ4v) is 0.338. The second kappa shape index (κ2) is 1.27. The molecule has 0 bridgehead atoms. The van der Waals surface area contributed by atoms with Crippen LogP contribution in [0.2, 0.25) is 0 Å². The van der Waals surface area contributed by atoms with Crippen molar-refractivity contribution >= 4 is 5.96 Å². The molecule has 7 heavy (non-hydrogen) atoms. The second-order valence-electron chi connectivity index (χ2n) is 1.26. The SMILES string of the molecule is NC1=NNCN1N. The normalized spacial score (nSPS) is 19.0. The Kier molecular flexibility index (Phi) is 0.759. The van der Waals surface area contributed by atoms with Gasteiger partial charge in [-0.25, -0.2) is 5.84 Å². The minimum atomic E-state index is 0.333. The Balaban J connectivity index is 2.54. The molecule has 0 aromatic carbocycles. The second-order valence-corrected chi connectivity index (χ2v) is 1.26. The summed E-state index contributed by atoms with van der Waals surface area (Å²) in [6, 6.07) is 0. The van der Waals surface area contributed by atoms with Crippen LogP contribution in [0, 0.1) is 0 Å². The Bertz CT molecular complexity index is 96.3. The van der Waals surface area contributed by atoms with Gasteiger partial charge in [-0.15, -0.1) is 5.10 Å². The smallest absolute Gasteiger partial charge is 0.229 e. The van der Waals surface area contributed by atoms with E-state index in [9.17, 15) is 0 Å². The summed E-state index contributed by atoms with van der Waals surface area (Å²) in [6.07, 6.45) is 0. The summed E-state index contributed by atoms with van der Waals surface area (Å²) in [7, 11) is 0. The average molecular weight is 101 g/mol. The van der Waals surface area contributed by atoms with Gasteiger partial charge in [-0.3, -0.25) is 10.4 Å². The average Bonchev–Trinajstić information content (AvgIpc) is 1.91. The fourth-order valence-electron chi connectivity index (χ4n) is 0.338. The van der Waals surface area contributed by atoms with Gasteiger partial charge in [0.1, 0.15) is 6.67 Å². The van der Waals surface area contributed by atoms with Crippen LogP contribution in [0.5, 0.6) is 0 Å². The summed E-state index contributed by atoms with van der Waals surface area (Å²) in [4.78, 5) is 0. The summed E-state index contributed by atoms with van der Waals surface area (Å²) in [5.41, 5.74) is 7.75. The van der Waals surface area contributed by atoms with E-state index in [1.165, 1.54) is 5.01 Å². The molecule has 5 nitrogen and oxygen atoms in total. The summed E-state index contributed by atoms with van der Waals surface area (Å²) >= 11 is 0. The summed E-state index contributed by atoms with van der Waals surface area (Å²) in [5.74, 6) is 5.53. The van der Waals surface area contributed by atoms with E-state index < -0.39 is 0 Å². The number of hydrazine groups is 1. The molecular formula is C2H7N5. The van der Waals surface area contributed by atoms with Crippen molar-refractivity contribution in [2.45, 2.75) is 0 Å². The van der Waals surface area contributed by atoms with E-state index >= 15 is 0 Å². The Morgan fingerprint density at radius 1 is 1.86 bits per heavy atom. The Morgan fingerprint density at radius 2 is 2.57 bits per heavy atom. The molecule has 0 saturated carbocycles. The van der Waals surface area contributed by atoms with Crippen molar-refractivity contribution in [2.24, 2.45) is 16.7 Å². The van der Waals surface area contributed by atoms with E-state index in [0.717, 1.165) is 0 Å². The highest BCUT2D eigenvalue weighted by molar-refractivity contribution is 5.78. The van der Waals surface area contributed by atoms with Gasteiger partial charge in [-0.1, -0.05) is 0 Å². The summed E-state index contributed by atoms with van der Waals surface area (Å²) in [6.45, 7) is 0.506. The maximum absolute atomic E-state index is 5.19. The first kappa shape index (κ1) is 4.20. The maximum Gasteiger partial charge on any atom is 0.229 e. The number of hydrogen-bond donors (Lipinski definition) is 3. The third kappa shape index (κ3) is 0.566. The Labute approximate surface area is 40.9 Å². The van der Waals surface area contributed by atoms with Crippen LogP contribution in [0.1, 0.15) is 0 Å². The van der Waals surface area contributed by atoms with Crippen molar-refractivity contribution in [1.82, 2.24) is 10.4 Å². The largest absolute Gasteiger partial charge is 0.367 e. The number of nitrogens with one attached hydrogen (secondary N) is 1. The van der Waals surface area contributed by atoms with Crippen molar-refractivity contribution in [2.75, 3.05) is 6.67 Å². The van der Waals surface area contributed by atoms with Gasteiger partial charge in [-0.05, 0) is 0 Å². The van der Waals surface area contributed by atoms with Gasteiger partial charge >= 0.3 is 0 Å². The summed E-state index contributed by atoms with van der Waals surface area (Å²) < 4.78 is 0. The lowest BCUT2D eigenvalue weighted by Gasteiger charge is -2.04. The molecule has 0 saturated heterocycles.